The van der Waals surface area contributed by atoms with E-state index in [1.165, 1.54) is 0 Å². The number of nitriles is 1. The summed E-state index contributed by atoms with van der Waals surface area (Å²) in [6.07, 6.45) is 0. The van der Waals surface area contributed by atoms with Gasteiger partial charge >= 0.3 is 5.69 Å². The molecule has 3 aromatic carbocycles. The molecule has 0 bridgehead atoms. The van der Waals surface area contributed by atoms with Gasteiger partial charge in [-0.25, -0.2) is 4.79 Å². The van der Waals surface area contributed by atoms with Crippen LogP contribution in [0.3, 0.4) is 0 Å². The summed E-state index contributed by atoms with van der Waals surface area (Å²) in [5.41, 5.74) is 3.92. The molecule has 0 radical (unpaired) electrons. The monoisotopic (exact) mass is 448 g/mol. The minimum Gasteiger partial charge on any atom is -0.496 e. The maximum absolute atomic E-state index is 11.7. The van der Waals surface area contributed by atoms with E-state index in [-0.39, 0.29) is 12.3 Å². The summed E-state index contributed by atoms with van der Waals surface area (Å²) >= 11 is 6.27. The van der Waals surface area contributed by atoms with Crippen LogP contribution in [-0.2, 0) is 13.1 Å². The van der Waals surface area contributed by atoms with Crippen molar-refractivity contribution in [3.05, 3.63) is 87.3 Å². The van der Waals surface area contributed by atoms with E-state index in [0.29, 0.717) is 29.4 Å². The molecule has 1 heterocycles. The molecule has 0 aliphatic carbocycles. The quantitative estimate of drug-likeness (QED) is 0.410. The third kappa shape index (κ3) is 4.71. The van der Waals surface area contributed by atoms with Crippen LogP contribution >= 0.6 is 11.6 Å². The normalized spacial score (nSPS) is 10.7. The van der Waals surface area contributed by atoms with Gasteiger partial charge in [-0.1, -0.05) is 29.8 Å². The van der Waals surface area contributed by atoms with Gasteiger partial charge in [0, 0.05) is 34.9 Å². The molecule has 0 saturated carbocycles. The molecule has 0 unspecified atom stereocenters. The zero-order valence-corrected chi connectivity index (χ0v) is 18.1. The average molecular weight is 449 g/mol. The fraction of sp³-hybridized carbons (Fsp3) is 0.167. The number of anilines is 1. The minimum absolute atomic E-state index is 0.0579. The van der Waals surface area contributed by atoms with Crippen LogP contribution in [-0.4, -0.2) is 23.7 Å². The molecule has 0 spiro atoms. The van der Waals surface area contributed by atoms with Gasteiger partial charge in [0.15, 0.2) is 6.61 Å². The smallest absolute Gasteiger partial charge is 0.323 e. The van der Waals surface area contributed by atoms with Crippen LogP contribution < -0.4 is 20.1 Å². The number of H-pyrrole nitrogens is 2. The second kappa shape index (κ2) is 9.50. The van der Waals surface area contributed by atoms with E-state index in [2.05, 4.69) is 14.9 Å². The third-order valence-electron chi connectivity index (χ3n) is 5.09. The number of para-hydroxylation sites is 1. The molecule has 8 heteroatoms. The van der Waals surface area contributed by atoms with Crippen molar-refractivity contribution in [2.75, 3.05) is 18.6 Å². The van der Waals surface area contributed by atoms with Gasteiger partial charge in [-0.3, -0.25) is 0 Å². The highest BCUT2D eigenvalue weighted by atomic mass is 35.5. The summed E-state index contributed by atoms with van der Waals surface area (Å²) < 4.78 is 11.2. The van der Waals surface area contributed by atoms with E-state index in [1.54, 1.807) is 19.2 Å². The molecule has 4 rings (SSSR count). The molecule has 0 atom stereocenters. The Morgan fingerprint density at radius 1 is 0.969 bits per heavy atom. The number of nitrogens with zero attached hydrogens (tertiary/aromatic N) is 2. The Kier molecular flexibility index (Phi) is 6.34. The third-order valence-corrected chi connectivity index (χ3v) is 5.33. The molecule has 0 amide bonds. The number of halogens is 1. The van der Waals surface area contributed by atoms with Crippen molar-refractivity contribution < 1.29 is 9.47 Å². The van der Waals surface area contributed by atoms with Gasteiger partial charge in [0.05, 0.1) is 18.1 Å². The van der Waals surface area contributed by atoms with E-state index in [0.717, 1.165) is 28.1 Å². The van der Waals surface area contributed by atoms with Crippen LogP contribution in [0.1, 0.15) is 11.1 Å². The first-order valence-electron chi connectivity index (χ1n) is 9.94. The van der Waals surface area contributed by atoms with Crippen LogP contribution in [0.4, 0.5) is 5.69 Å². The molecule has 7 nitrogen and oxygen atoms in total. The van der Waals surface area contributed by atoms with Crippen molar-refractivity contribution in [2.24, 2.45) is 0 Å². The number of nitrogens with one attached hydrogen (secondary N) is 2. The lowest BCUT2D eigenvalue weighted by Gasteiger charge is -2.27. The number of fused-ring (bicyclic) bond motifs is 1. The highest BCUT2D eigenvalue weighted by Crippen LogP contribution is 2.30. The van der Waals surface area contributed by atoms with E-state index in [9.17, 15) is 4.79 Å². The fourth-order valence-corrected chi connectivity index (χ4v) is 3.82. The Labute approximate surface area is 189 Å². The number of benzene rings is 3. The van der Waals surface area contributed by atoms with Crippen LogP contribution in [0.25, 0.3) is 11.0 Å². The van der Waals surface area contributed by atoms with Gasteiger partial charge in [-0.2, -0.15) is 5.26 Å². The van der Waals surface area contributed by atoms with Gasteiger partial charge in [-0.05, 0) is 42.5 Å². The number of imidazole rings is 1. The summed E-state index contributed by atoms with van der Waals surface area (Å²) in [5.74, 6) is 1.37. The molecular formula is C24H21ClN4O3. The van der Waals surface area contributed by atoms with E-state index < -0.39 is 0 Å². The van der Waals surface area contributed by atoms with Crippen molar-refractivity contribution in [3.8, 4) is 17.6 Å². The molecule has 0 aliphatic heterocycles. The van der Waals surface area contributed by atoms with E-state index in [1.807, 2.05) is 54.6 Å². The summed E-state index contributed by atoms with van der Waals surface area (Å²) in [6.45, 7) is 0.936. The van der Waals surface area contributed by atoms with Gasteiger partial charge in [-0.15, -0.1) is 0 Å². The number of aromatic nitrogens is 2. The predicted molar refractivity (Wildman–Crippen MR) is 124 cm³/mol. The largest absolute Gasteiger partial charge is 0.496 e. The lowest BCUT2D eigenvalue weighted by molar-refractivity contribution is 0.363. The summed E-state index contributed by atoms with van der Waals surface area (Å²) in [6, 6.07) is 20.9. The van der Waals surface area contributed by atoms with Gasteiger partial charge < -0.3 is 24.3 Å². The van der Waals surface area contributed by atoms with Crippen LogP contribution in [0.15, 0.2) is 65.5 Å². The second-order valence-corrected chi connectivity index (χ2v) is 7.61. The van der Waals surface area contributed by atoms with Crippen molar-refractivity contribution >= 4 is 28.3 Å². The Balaban J connectivity index is 1.76. The molecule has 32 heavy (non-hydrogen) atoms. The standard InChI is InChI=1S/C24H21ClN4O3/c1-31-22-5-3-2-4-16(22)14-29(19-7-8-20-21(13-19)28-24(30)27-20)15-17-12-18(25)6-9-23(17)32-11-10-26/h2-9,12-13H,11,14-15H2,1H3,(H2,27,28,30). The van der Waals surface area contributed by atoms with Crippen molar-refractivity contribution in [3.63, 3.8) is 0 Å². The Hall–Kier alpha value is -3.89. The van der Waals surface area contributed by atoms with Crippen molar-refractivity contribution in [1.29, 1.82) is 5.26 Å². The van der Waals surface area contributed by atoms with Gasteiger partial charge in [0.2, 0.25) is 0 Å². The molecular weight excluding hydrogens is 428 g/mol. The zero-order valence-electron chi connectivity index (χ0n) is 17.4. The molecule has 1 aromatic heterocycles. The number of methoxy groups -OCH3 is 1. The van der Waals surface area contributed by atoms with E-state index in [4.69, 9.17) is 26.3 Å². The maximum Gasteiger partial charge on any atom is 0.323 e. The van der Waals surface area contributed by atoms with Gasteiger partial charge in [0.1, 0.15) is 17.6 Å². The number of aromatic amines is 2. The van der Waals surface area contributed by atoms with Crippen molar-refractivity contribution in [2.45, 2.75) is 13.1 Å². The maximum atomic E-state index is 11.7. The van der Waals surface area contributed by atoms with Crippen LogP contribution in [0, 0.1) is 11.3 Å². The lowest BCUT2D eigenvalue weighted by Crippen LogP contribution is -2.23. The molecule has 0 fully saturated rings. The fourth-order valence-electron chi connectivity index (χ4n) is 3.62. The Bertz CT molecular complexity index is 1340. The minimum atomic E-state index is -0.254. The summed E-state index contributed by atoms with van der Waals surface area (Å²) in [7, 11) is 1.64. The Morgan fingerprint density at radius 2 is 1.75 bits per heavy atom. The summed E-state index contributed by atoms with van der Waals surface area (Å²) in [4.78, 5) is 19.4. The van der Waals surface area contributed by atoms with Crippen molar-refractivity contribution in [1.82, 2.24) is 9.97 Å². The number of hydrogen-bond donors (Lipinski definition) is 2. The van der Waals surface area contributed by atoms with Gasteiger partial charge in [0.25, 0.3) is 0 Å². The molecule has 4 aromatic rings. The second-order valence-electron chi connectivity index (χ2n) is 7.18. The summed E-state index contributed by atoms with van der Waals surface area (Å²) in [5, 5.41) is 9.51. The topological polar surface area (TPSA) is 94.1 Å². The predicted octanol–water partition coefficient (Wildman–Crippen LogP) is 4.63. The van der Waals surface area contributed by atoms with Crippen LogP contribution in [0.5, 0.6) is 11.5 Å². The SMILES string of the molecule is COc1ccccc1CN(Cc1cc(Cl)ccc1OCC#N)c1ccc2[nH]c(=O)[nH]c2c1. The molecule has 0 aliphatic rings. The number of rotatable bonds is 8. The molecule has 0 saturated heterocycles. The highest BCUT2D eigenvalue weighted by Gasteiger charge is 2.16. The Morgan fingerprint density at radius 3 is 2.56 bits per heavy atom. The average Bonchev–Trinajstić information content (AvgIpc) is 3.17. The molecule has 162 valence electrons. The first-order chi connectivity index (χ1) is 15.6. The highest BCUT2D eigenvalue weighted by molar-refractivity contribution is 6.30. The number of ether oxygens (including phenoxy) is 2. The van der Waals surface area contributed by atoms with Crippen LogP contribution in [0.2, 0.25) is 5.02 Å². The molecule has 2 N–H and O–H groups in total. The first-order valence-corrected chi connectivity index (χ1v) is 10.3. The number of hydrogen-bond acceptors (Lipinski definition) is 5. The first kappa shape index (κ1) is 21.3. The van der Waals surface area contributed by atoms with E-state index >= 15 is 0 Å². The lowest BCUT2D eigenvalue weighted by atomic mass is 10.1. The zero-order chi connectivity index (χ0) is 22.5.